The van der Waals surface area contributed by atoms with E-state index in [1.54, 1.807) is 24.3 Å². The summed E-state index contributed by atoms with van der Waals surface area (Å²) >= 11 is 0. The molecule has 1 aromatic rings. The van der Waals surface area contributed by atoms with E-state index in [2.05, 4.69) is 10.1 Å². The number of nitrogens with one attached hydrogen (secondary N) is 1. The van der Waals surface area contributed by atoms with Crippen molar-refractivity contribution in [3.63, 3.8) is 0 Å². The monoisotopic (exact) mass is 222 g/mol. The van der Waals surface area contributed by atoms with Gasteiger partial charge in [-0.15, -0.1) is 0 Å². The Hall–Kier alpha value is -1.88. The highest BCUT2D eigenvalue weighted by Crippen LogP contribution is 2.05. The number of carbonyl (C=O) groups excluding carboxylic acids is 2. The van der Waals surface area contributed by atoms with Gasteiger partial charge in [0.05, 0.1) is 19.2 Å². The lowest BCUT2D eigenvalue weighted by Crippen LogP contribution is -2.29. The Morgan fingerprint density at radius 1 is 1.31 bits per heavy atom. The number of ether oxygens (including phenoxy) is 1. The maximum Gasteiger partial charge on any atom is 0.337 e. The van der Waals surface area contributed by atoms with Crippen LogP contribution in [0, 0.1) is 0 Å². The average molecular weight is 222 g/mol. The van der Waals surface area contributed by atoms with E-state index in [4.69, 9.17) is 5.73 Å². The first kappa shape index (κ1) is 12.2. The highest BCUT2D eigenvalue weighted by Gasteiger charge is 2.04. The van der Waals surface area contributed by atoms with E-state index >= 15 is 0 Å². The summed E-state index contributed by atoms with van der Waals surface area (Å²) in [5, 5.41) is 2.63. The second-order valence-electron chi connectivity index (χ2n) is 3.17. The van der Waals surface area contributed by atoms with E-state index < -0.39 is 0 Å². The zero-order valence-electron chi connectivity index (χ0n) is 9.03. The fraction of sp³-hybridized carbons (Fsp3) is 0.273. The lowest BCUT2D eigenvalue weighted by atomic mass is 10.1. The zero-order chi connectivity index (χ0) is 12.0. The number of hydrogen-bond donors (Lipinski definition) is 2. The minimum Gasteiger partial charge on any atom is -0.465 e. The molecule has 1 amide bonds. The van der Waals surface area contributed by atoms with Crippen LogP contribution in [0.4, 0.5) is 0 Å². The molecule has 0 aliphatic rings. The van der Waals surface area contributed by atoms with Crippen molar-refractivity contribution in [3.05, 3.63) is 35.4 Å². The highest BCUT2D eigenvalue weighted by atomic mass is 16.5. The first-order chi connectivity index (χ1) is 7.67. The van der Waals surface area contributed by atoms with Crippen molar-refractivity contribution in [2.45, 2.75) is 6.54 Å². The molecule has 0 aliphatic carbocycles. The van der Waals surface area contributed by atoms with E-state index in [9.17, 15) is 9.59 Å². The Kier molecular flexibility index (Phi) is 4.47. The lowest BCUT2D eigenvalue weighted by molar-refractivity contribution is -0.119. The molecule has 0 radical (unpaired) electrons. The molecule has 0 bridgehead atoms. The van der Waals surface area contributed by atoms with Crippen LogP contribution in [0.2, 0.25) is 0 Å². The molecule has 16 heavy (non-hydrogen) atoms. The Morgan fingerprint density at radius 2 is 1.94 bits per heavy atom. The van der Waals surface area contributed by atoms with Gasteiger partial charge in [-0.1, -0.05) is 12.1 Å². The van der Waals surface area contributed by atoms with Crippen LogP contribution in [0.3, 0.4) is 0 Å². The van der Waals surface area contributed by atoms with Crippen LogP contribution >= 0.6 is 0 Å². The summed E-state index contributed by atoms with van der Waals surface area (Å²) in [5.74, 6) is -0.588. The van der Waals surface area contributed by atoms with E-state index in [1.807, 2.05) is 0 Å². The second-order valence-corrected chi connectivity index (χ2v) is 3.17. The molecule has 0 saturated heterocycles. The molecule has 0 fully saturated rings. The molecular weight excluding hydrogens is 208 g/mol. The van der Waals surface area contributed by atoms with E-state index in [0.717, 1.165) is 5.56 Å². The second kappa shape index (κ2) is 5.87. The number of methoxy groups -OCH3 is 1. The van der Waals surface area contributed by atoms with Crippen LogP contribution in [0.15, 0.2) is 24.3 Å². The quantitative estimate of drug-likeness (QED) is 0.705. The maximum absolute atomic E-state index is 11.1. The van der Waals surface area contributed by atoms with Gasteiger partial charge >= 0.3 is 5.97 Å². The molecule has 0 spiro atoms. The Balaban J connectivity index is 2.58. The third kappa shape index (κ3) is 3.36. The van der Waals surface area contributed by atoms with Gasteiger partial charge in [-0.3, -0.25) is 4.79 Å². The molecule has 0 saturated carbocycles. The number of hydrogen-bond acceptors (Lipinski definition) is 4. The van der Waals surface area contributed by atoms with E-state index in [0.29, 0.717) is 12.1 Å². The fourth-order valence-electron chi connectivity index (χ4n) is 1.15. The fourth-order valence-corrected chi connectivity index (χ4v) is 1.15. The van der Waals surface area contributed by atoms with Crippen LogP contribution in [-0.2, 0) is 16.1 Å². The van der Waals surface area contributed by atoms with Gasteiger partial charge in [0.2, 0.25) is 5.91 Å². The number of rotatable bonds is 4. The first-order valence-corrected chi connectivity index (χ1v) is 4.81. The Labute approximate surface area is 93.6 Å². The minimum absolute atomic E-state index is 0.0275. The van der Waals surface area contributed by atoms with Gasteiger partial charge in [-0.25, -0.2) is 4.79 Å². The van der Waals surface area contributed by atoms with Crippen molar-refractivity contribution in [1.29, 1.82) is 0 Å². The predicted molar refractivity (Wildman–Crippen MR) is 58.7 cm³/mol. The summed E-state index contributed by atoms with van der Waals surface area (Å²) in [6.45, 7) is 0.373. The largest absolute Gasteiger partial charge is 0.465 e. The minimum atomic E-state index is -0.377. The van der Waals surface area contributed by atoms with E-state index in [-0.39, 0.29) is 18.4 Å². The molecule has 1 rings (SSSR count). The molecule has 0 heterocycles. The van der Waals surface area contributed by atoms with Gasteiger partial charge in [0, 0.05) is 6.54 Å². The molecule has 0 aromatic heterocycles. The van der Waals surface area contributed by atoms with Crippen molar-refractivity contribution in [3.8, 4) is 0 Å². The van der Waals surface area contributed by atoms with Crippen molar-refractivity contribution < 1.29 is 14.3 Å². The van der Waals surface area contributed by atoms with Crippen molar-refractivity contribution >= 4 is 11.9 Å². The van der Waals surface area contributed by atoms with Gasteiger partial charge in [-0.05, 0) is 17.7 Å². The van der Waals surface area contributed by atoms with Crippen molar-refractivity contribution in [2.75, 3.05) is 13.7 Å². The Bertz CT molecular complexity index is 373. The molecule has 5 nitrogen and oxygen atoms in total. The molecular formula is C11H14N2O3. The summed E-state index contributed by atoms with van der Waals surface area (Å²) in [5.41, 5.74) is 6.53. The van der Waals surface area contributed by atoms with Crippen LogP contribution in [0.25, 0.3) is 0 Å². The van der Waals surface area contributed by atoms with Crippen LogP contribution in [0.1, 0.15) is 15.9 Å². The van der Waals surface area contributed by atoms with Crippen LogP contribution in [0.5, 0.6) is 0 Å². The van der Waals surface area contributed by atoms with E-state index in [1.165, 1.54) is 7.11 Å². The molecule has 86 valence electrons. The average Bonchev–Trinajstić information content (AvgIpc) is 2.35. The molecule has 0 aliphatic heterocycles. The summed E-state index contributed by atoms with van der Waals surface area (Å²) in [6, 6.07) is 6.80. The van der Waals surface area contributed by atoms with Gasteiger partial charge in [0.15, 0.2) is 0 Å². The van der Waals surface area contributed by atoms with Gasteiger partial charge in [0.25, 0.3) is 0 Å². The summed E-state index contributed by atoms with van der Waals surface area (Å²) in [6.07, 6.45) is 0. The van der Waals surface area contributed by atoms with Crippen LogP contribution in [-0.4, -0.2) is 25.5 Å². The van der Waals surface area contributed by atoms with Crippen molar-refractivity contribution in [2.24, 2.45) is 5.73 Å². The summed E-state index contributed by atoms with van der Waals surface area (Å²) < 4.78 is 4.57. The first-order valence-electron chi connectivity index (χ1n) is 4.81. The normalized spacial score (nSPS) is 9.62. The number of carbonyl (C=O) groups is 2. The molecule has 3 N–H and O–H groups in total. The maximum atomic E-state index is 11.1. The number of nitrogens with two attached hydrogens (primary N) is 1. The number of benzene rings is 1. The topological polar surface area (TPSA) is 81.4 Å². The van der Waals surface area contributed by atoms with Crippen LogP contribution < -0.4 is 11.1 Å². The third-order valence-corrected chi connectivity index (χ3v) is 2.05. The lowest BCUT2D eigenvalue weighted by Gasteiger charge is -2.04. The smallest absolute Gasteiger partial charge is 0.337 e. The summed E-state index contributed by atoms with van der Waals surface area (Å²) in [4.78, 5) is 22.0. The van der Waals surface area contributed by atoms with Gasteiger partial charge in [0.1, 0.15) is 0 Å². The highest BCUT2D eigenvalue weighted by molar-refractivity contribution is 5.89. The standard InChI is InChI=1S/C11H14N2O3/c1-16-11(15)9-4-2-8(3-5-9)7-13-10(14)6-12/h2-5H,6-7,12H2,1H3,(H,13,14). The SMILES string of the molecule is COC(=O)c1ccc(CNC(=O)CN)cc1. The molecule has 5 heteroatoms. The molecule has 1 aromatic carbocycles. The third-order valence-electron chi connectivity index (χ3n) is 2.05. The van der Waals surface area contributed by atoms with Gasteiger partial charge < -0.3 is 15.8 Å². The zero-order valence-corrected chi connectivity index (χ0v) is 9.03. The predicted octanol–water partition coefficient (Wildman–Crippen LogP) is 0.0481. The summed E-state index contributed by atoms with van der Waals surface area (Å²) in [7, 11) is 1.33. The Morgan fingerprint density at radius 3 is 2.44 bits per heavy atom. The number of amides is 1. The van der Waals surface area contributed by atoms with Crippen molar-refractivity contribution in [1.82, 2.24) is 5.32 Å². The number of esters is 1. The van der Waals surface area contributed by atoms with Gasteiger partial charge in [-0.2, -0.15) is 0 Å². The molecule has 0 atom stereocenters. The molecule has 0 unspecified atom stereocenters.